The van der Waals surface area contributed by atoms with Gasteiger partial charge in [-0.15, -0.1) is 11.3 Å². The van der Waals surface area contributed by atoms with Crippen LogP contribution < -0.4 is 5.32 Å². The molecule has 3 nitrogen and oxygen atoms in total. The topological polar surface area (TPSA) is 37.3 Å². The number of nitrogens with zero attached hydrogens (tertiary/aromatic N) is 2. The van der Waals surface area contributed by atoms with Gasteiger partial charge in [0.25, 0.3) is 0 Å². The van der Waals surface area contributed by atoms with E-state index < -0.39 is 0 Å². The molecule has 3 aliphatic rings. The van der Waals surface area contributed by atoms with Crippen molar-refractivity contribution in [3.8, 4) is 11.3 Å². The van der Waals surface area contributed by atoms with Crippen LogP contribution in [0.4, 0.5) is 0 Å². The van der Waals surface area contributed by atoms with E-state index >= 15 is 0 Å². The fourth-order valence-corrected chi connectivity index (χ4v) is 9.60. The first-order valence-electron chi connectivity index (χ1n) is 17.5. The van der Waals surface area contributed by atoms with Gasteiger partial charge in [0.1, 0.15) is 6.17 Å². The van der Waals surface area contributed by atoms with Gasteiger partial charge in [-0.05, 0) is 58.5 Å². The third-order valence-electron chi connectivity index (χ3n) is 10.9. The van der Waals surface area contributed by atoms with E-state index in [9.17, 15) is 0 Å². The van der Waals surface area contributed by atoms with Gasteiger partial charge in [-0.1, -0.05) is 141 Å². The Balaban J connectivity index is 1.07. The number of pyridine rings is 1. The third-order valence-corrected chi connectivity index (χ3v) is 12.1. The molecule has 0 saturated heterocycles. The normalized spacial score (nSPS) is 19.3. The smallest absolute Gasteiger partial charge is 0.126 e. The highest BCUT2D eigenvalue weighted by molar-refractivity contribution is 7.26. The summed E-state index contributed by atoms with van der Waals surface area (Å²) in [5.41, 5.74) is 13.2. The van der Waals surface area contributed by atoms with Crippen molar-refractivity contribution in [3.05, 3.63) is 173 Å². The molecule has 0 spiro atoms. The van der Waals surface area contributed by atoms with Gasteiger partial charge in [0.2, 0.25) is 0 Å². The predicted molar refractivity (Wildman–Crippen MR) is 212 cm³/mol. The first kappa shape index (κ1) is 29.3. The number of hydrogen-bond donors (Lipinski definition) is 1. The van der Waals surface area contributed by atoms with Crippen molar-refractivity contribution in [2.45, 2.75) is 31.8 Å². The lowest BCUT2D eigenvalue weighted by Crippen LogP contribution is -2.38. The summed E-state index contributed by atoms with van der Waals surface area (Å²) in [6.45, 7) is 4.76. The van der Waals surface area contributed by atoms with Crippen LogP contribution >= 0.6 is 11.3 Å². The van der Waals surface area contributed by atoms with Crippen molar-refractivity contribution >= 4 is 59.4 Å². The second-order valence-corrected chi connectivity index (χ2v) is 15.2. The van der Waals surface area contributed by atoms with Crippen LogP contribution in [0.1, 0.15) is 42.5 Å². The predicted octanol–water partition coefficient (Wildman–Crippen LogP) is 11.4. The van der Waals surface area contributed by atoms with E-state index in [-0.39, 0.29) is 17.5 Å². The van der Waals surface area contributed by atoms with E-state index in [0.29, 0.717) is 0 Å². The molecule has 50 heavy (non-hydrogen) atoms. The molecule has 3 heterocycles. The zero-order chi connectivity index (χ0) is 33.4. The standard InChI is InChI=1S/C46H35N3S/c1-46(2)36-20-9-6-17-32(36)33-24-23-31(26-37(33)46)45-48-39(28-13-4-3-5-14-28)27-40(49-45)29-15-12-16-30(25-29)43-42-35-19-8-11-22-41(35)50-44(42)34-18-7-10-21-38(34)47-43/h3-25,27,31,45,49H,26H2,1-2H3. The highest BCUT2D eigenvalue weighted by Crippen LogP contribution is 2.51. The molecule has 1 aliphatic heterocycles. The summed E-state index contributed by atoms with van der Waals surface area (Å²) in [6, 6.07) is 45.6. The molecule has 2 atom stereocenters. The monoisotopic (exact) mass is 661 g/mol. The summed E-state index contributed by atoms with van der Waals surface area (Å²) < 4.78 is 2.58. The minimum Gasteiger partial charge on any atom is -0.363 e. The number of aromatic nitrogens is 1. The van der Waals surface area contributed by atoms with Crippen molar-refractivity contribution in [2.75, 3.05) is 0 Å². The first-order chi connectivity index (χ1) is 24.5. The average molecular weight is 662 g/mol. The van der Waals surface area contributed by atoms with Gasteiger partial charge in [0.05, 0.1) is 16.9 Å². The van der Waals surface area contributed by atoms with Crippen LogP contribution in [0.3, 0.4) is 0 Å². The first-order valence-corrected chi connectivity index (χ1v) is 18.3. The summed E-state index contributed by atoms with van der Waals surface area (Å²) in [5, 5.41) is 7.62. The van der Waals surface area contributed by atoms with E-state index in [4.69, 9.17) is 9.98 Å². The highest BCUT2D eigenvalue weighted by atomic mass is 32.1. The lowest BCUT2D eigenvalue weighted by Gasteiger charge is -2.34. The molecule has 0 saturated carbocycles. The maximum atomic E-state index is 5.39. The molecule has 0 radical (unpaired) electrons. The molecule has 2 aromatic heterocycles. The number of aliphatic imine (C=N–C) groups is 1. The summed E-state index contributed by atoms with van der Waals surface area (Å²) >= 11 is 1.86. The molecule has 5 aromatic carbocycles. The van der Waals surface area contributed by atoms with Gasteiger partial charge in [-0.25, -0.2) is 4.98 Å². The molecule has 2 aliphatic carbocycles. The van der Waals surface area contributed by atoms with Crippen LogP contribution in [0, 0.1) is 5.92 Å². The van der Waals surface area contributed by atoms with Crippen LogP contribution in [0.2, 0.25) is 0 Å². The lowest BCUT2D eigenvalue weighted by atomic mass is 9.75. The Bertz CT molecular complexity index is 2640. The largest absolute Gasteiger partial charge is 0.363 e. The maximum absolute atomic E-state index is 5.39. The lowest BCUT2D eigenvalue weighted by molar-refractivity contribution is 0.441. The fourth-order valence-electron chi connectivity index (χ4n) is 8.37. The molecular formula is C46H35N3S. The van der Waals surface area contributed by atoms with Crippen LogP contribution in [-0.2, 0) is 5.41 Å². The highest BCUT2D eigenvalue weighted by Gasteiger charge is 2.40. The van der Waals surface area contributed by atoms with E-state index in [1.54, 1.807) is 0 Å². The number of fused-ring (bicyclic) bond motifs is 7. The van der Waals surface area contributed by atoms with Crippen molar-refractivity contribution in [1.29, 1.82) is 0 Å². The van der Waals surface area contributed by atoms with Crippen LogP contribution in [-0.4, -0.2) is 16.9 Å². The van der Waals surface area contributed by atoms with Gasteiger partial charge in [-0.2, -0.15) is 0 Å². The van der Waals surface area contributed by atoms with Crippen molar-refractivity contribution < 1.29 is 0 Å². The zero-order valence-corrected chi connectivity index (χ0v) is 28.8. The van der Waals surface area contributed by atoms with Crippen LogP contribution in [0.5, 0.6) is 0 Å². The second kappa shape index (κ2) is 11.2. The Kier molecular flexibility index (Phi) is 6.59. The molecule has 0 amide bonds. The average Bonchev–Trinajstić information content (AvgIpc) is 3.67. The summed E-state index contributed by atoms with van der Waals surface area (Å²) in [5.74, 6) is 0.215. The number of benzene rings is 5. The SMILES string of the molecule is CC1(C)C2=C(C=CC(C3N=C(c4ccccc4)C=C(c4cccc(-c5nc6ccccc6c6sc7ccccc7c56)c4)N3)C2)c2ccccc21. The Hall–Kier alpha value is -5.58. The van der Waals surface area contributed by atoms with E-state index in [1.807, 2.05) is 11.3 Å². The van der Waals surface area contributed by atoms with Gasteiger partial charge in [0.15, 0.2) is 0 Å². The number of rotatable bonds is 4. The Morgan fingerprint density at radius 1 is 0.740 bits per heavy atom. The van der Waals surface area contributed by atoms with Crippen molar-refractivity contribution in [2.24, 2.45) is 10.9 Å². The molecule has 2 unspecified atom stereocenters. The number of para-hydroxylation sites is 1. The molecule has 240 valence electrons. The molecule has 0 fully saturated rings. The van der Waals surface area contributed by atoms with E-state index in [2.05, 4.69) is 165 Å². The summed E-state index contributed by atoms with van der Waals surface area (Å²) in [4.78, 5) is 10.7. The molecule has 7 aromatic rings. The van der Waals surface area contributed by atoms with Crippen LogP contribution in [0.25, 0.3) is 53.6 Å². The second-order valence-electron chi connectivity index (χ2n) is 14.2. The minimum atomic E-state index is -0.106. The van der Waals surface area contributed by atoms with Gasteiger partial charge < -0.3 is 5.32 Å². The van der Waals surface area contributed by atoms with E-state index in [1.165, 1.54) is 47.8 Å². The van der Waals surface area contributed by atoms with Gasteiger partial charge >= 0.3 is 0 Å². The quantitative estimate of drug-likeness (QED) is 0.204. The Morgan fingerprint density at radius 3 is 2.38 bits per heavy atom. The van der Waals surface area contributed by atoms with Crippen molar-refractivity contribution in [1.82, 2.24) is 10.3 Å². The number of hydrogen-bond acceptors (Lipinski definition) is 4. The number of allylic oxidation sites excluding steroid dienone is 4. The molecule has 10 rings (SSSR count). The van der Waals surface area contributed by atoms with Gasteiger partial charge in [0, 0.05) is 48.2 Å². The number of nitrogens with one attached hydrogen (secondary N) is 1. The summed E-state index contributed by atoms with van der Waals surface area (Å²) in [6.07, 6.45) is 7.83. The third kappa shape index (κ3) is 4.55. The van der Waals surface area contributed by atoms with E-state index in [0.717, 1.165) is 45.7 Å². The zero-order valence-electron chi connectivity index (χ0n) is 28.0. The molecule has 0 bridgehead atoms. The maximum Gasteiger partial charge on any atom is 0.126 e. The fraction of sp³-hybridized carbons (Fsp3) is 0.130. The number of thiophene rings is 1. The van der Waals surface area contributed by atoms with Crippen LogP contribution in [0.15, 0.2) is 156 Å². The van der Waals surface area contributed by atoms with Crippen molar-refractivity contribution in [3.63, 3.8) is 0 Å². The molecule has 1 N–H and O–H groups in total. The Labute approximate surface area is 296 Å². The minimum absolute atomic E-state index is 0.00734. The Morgan fingerprint density at radius 2 is 1.48 bits per heavy atom. The molecule has 4 heteroatoms. The summed E-state index contributed by atoms with van der Waals surface area (Å²) in [7, 11) is 0. The molecular weight excluding hydrogens is 627 g/mol. The van der Waals surface area contributed by atoms with Gasteiger partial charge in [-0.3, -0.25) is 4.99 Å².